The molecule has 0 saturated heterocycles. The molecule has 2 N–H and O–H groups in total. The van der Waals surface area contributed by atoms with E-state index in [0.29, 0.717) is 6.54 Å². The van der Waals surface area contributed by atoms with Crippen LogP contribution in [-0.4, -0.2) is 24.7 Å². The average Bonchev–Trinajstić information content (AvgIpc) is 2.78. The molecule has 0 spiro atoms. The highest BCUT2D eigenvalue weighted by Crippen LogP contribution is 2.35. The molecule has 0 amide bonds. The Bertz CT molecular complexity index is 795. The predicted octanol–water partition coefficient (Wildman–Crippen LogP) is 1.45. The molecule has 0 saturated carbocycles. The lowest BCUT2D eigenvalue weighted by molar-refractivity contribution is 0.586. The summed E-state index contributed by atoms with van der Waals surface area (Å²) in [4.78, 5) is 0.0705. The first-order valence-corrected chi connectivity index (χ1v) is 8.25. The summed E-state index contributed by atoms with van der Waals surface area (Å²) in [5.74, 6) is 0.0400. The number of fused-ring (bicyclic) bond motifs is 1. The molecule has 0 fully saturated rings. The number of nitrogen functional groups attached to an aromatic ring is 1. The van der Waals surface area contributed by atoms with E-state index in [1.807, 2.05) is 25.1 Å². The number of para-hydroxylation sites is 1. The van der Waals surface area contributed by atoms with Gasteiger partial charge in [-0.15, -0.1) is 0 Å². The van der Waals surface area contributed by atoms with Gasteiger partial charge >= 0.3 is 0 Å². The van der Waals surface area contributed by atoms with Crippen LogP contribution >= 0.6 is 0 Å². The van der Waals surface area contributed by atoms with Gasteiger partial charge in [-0.25, -0.2) is 8.42 Å². The second-order valence-electron chi connectivity index (χ2n) is 5.32. The number of nitrogens with zero attached hydrogens (tertiary/aromatic N) is 3. The number of hydrogen-bond donors (Lipinski definition) is 1. The second kappa shape index (κ2) is 4.77. The van der Waals surface area contributed by atoms with Gasteiger partial charge in [-0.3, -0.25) is 8.99 Å². The Kier molecular flexibility index (Phi) is 3.16. The van der Waals surface area contributed by atoms with Crippen molar-refractivity contribution in [2.75, 3.05) is 16.6 Å². The Morgan fingerprint density at radius 3 is 2.76 bits per heavy atom. The first kappa shape index (κ1) is 13.9. The highest BCUT2D eigenvalue weighted by atomic mass is 32.2. The van der Waals surface area contributed by atoms with Crippen molar-refractivity contribution in [2.45, 2.75) is 24.7 Å². The van der Waals surface area contributed by atoms with E-state index >= 15 is 0 Å². The van der Waals surface area contributed by atoms with Gasteiger partial charge in [0.1, 0.15) is 4.90 Å². The Morgan fingerprint density at radius 2 is 2.10 bits per heavy atom. The van der Waals surface area contributed by atoms with Crippen LogP contribution < -0.4 is 10.0 Å². The Hall–Kier alpha value is -2.02. The second-order valence-corrected chi connectivity index (χ2v) is 7.15. The van der Waals surface area contributed by atoms with Gasteiger partial charge in [0.25, 0.3) is 10.0 Å². The third kappa shape index (κ3) is 2.17. The van der Waals surface area contributed by atoms with E-state index in [0.717, 1.165) is 29.7 Å². The molecule has 112 valence electrons. The van der Waals surface area contributed by atoms with Gasteiger partial charge in [-0.2, -0.15) is 5.10 Å². The smallest absolute Gasteiger partial charge is 0.269 e. The van der Waals surface area contributed by atoms with Crippen molar-refractivity contribution < 1.29 is 8.42 Å². The van der Waals surface area contributed by atoms with E-state index in [1.54, 1.807) is 7.05 Å². The van der Waals surface area contributed by atoms with Crippen LogP contribution in [0.2, 0.25) is 0 Å². The molecule has 1 aromatic carbocycles. The van der Waals surface area contributed by atoms with Gasteiger partial charge in [-0.1, -0.05) is 18.2 Å². The molecular formula is C14H18N4O2S. The summed E-state index contributed by atoms with van der Waals surface area (Å²) in [6, 6.07) is 5.87. The molecule has 21 heavy (non-hydrogen) atoms. The third-order valence-electron chi connectivity index (χ3n) is 3.77. The van der Waals surface area contributed by atoms with E-state index < -0.39 is 10.0 Å². The van der Waals surface area contributed by atoms with E-state index in [2.05, 4.69) is 5.10 Å². The maximum atomic E-state index is 12.9. The minimum absolute atomic E-state index is 0.0400. The summed E-state index contributed by atoms with van der Waals surface area (Å²) in [5.41, 5.74) is 8.56. The quantitative estimate of drug-likeness (QED) is 0.910. The first-order valence-electron chi connectivity index (χ1n) is 6.81. The fraction of sp³-hybridized carbons (Fsp3) is 0.357. The van der Waals surface area contributed by atoms with Gasteiger partial charge in [0.2, 0.25) is 0 Å². The monoisotopic (exact) mass is 306 g/mol. The lowest BCUT2D eigenvalue weighted by atomic mass is 10.0. The van der Waals surface area contributed by atoms with Crippen molar-refractivity contribution in [1.82, 2.24) is 9.78 Å². The SMILES string of the molecule is Cc1cccc2c1N(S(=O)(=O)c1cn(C)nc1N)CCC2. The maximum absolute atomic E-state index is 12.9. The standard InChI is InChI=1S/C14H18N4O2S/c1-10-5-3-6-11-7-4-8-18(13(10)11)21(19,20)12-9-17(2)16-14(12)15/h3,5-6,9H,4,7-8H2,1-2H3,(H2,15,16). The van der Waals surface area contributed by atoms with Crippen molar-refractivity contribution in [3.8, 4) is 0 Å². The van der Waals surface area contributed by atoms with Gasteiger partial charge in [-0.05, 0) is 30.9 Å². The highest BCUT2D eigenvalue weighted by molar-refractivity contribution is 7.93. The zero-order valence-electron chi connectivity index (χ0n) is 12.1. The number of rotatable bonds is 2. The largest absolute Gasteiger partial charge is 0.381 e. The molecule has 0 unspecified atom stereocenters. The van der Waals surface area contributed by atoms with Crippen LogP contribution in [0, 0.1) is 6.92 Å². The topological polar surface area (TPSA) is 81.2 Å². The maximum Gasteiger partial charge on any atom is 0.269 e. The molecule has 3 rings (SSSR count). The van der Waals surface area contributed by atoms with Gasteiger partial charge in [0.05, 0.1) is 5.69 Å². The van der Waals surface area contributed by atoms with Crippen molar-refractivity contribution in [3.63, 3.8) is 0 Å². The third-order valence-corrected chi connectivity index (χ3v) is 5.58. The Balaban J connectivity index is 2.16. The minimum atomic E-state index is -3.68. The Labute approximate surface area is 124 Å². The van der Waals surface area contributed by atoms with E-state index in [9.17, 15) is 8.42 Å². The Morgan fingerprint density at radius 1 is 1.33 bits per heavy atom. The van der Waals surface area contributed by atoms with Gasteiger partial charge in [0, 0.05) is 19.8 Å². The molecule has 0 bridgehead atoms. The number of hydrogen-bond acceptors (Lipinski definition) is 4. The average molecular weight is 306 g/mol. The van der Waals surface area contributed by atoms with Crippen LogP contribution in [0.3, 0.4) is 0 Å². The zero-order valence-corrected chi connectivity index (χ0v) is 12.9. The molecular weight excluding hydrogens is 288 g/mol. The van der Waals surface area contributed by atoms with E-state index in [-0.39, 0.29) is 10.7 Å². The molecule has 6 nitrogen and oxygen atoms in total. The van der Waals surface area contributed by atoms with Crippen LogP contribution in [0.5, 0.6) is 0 Å². The summed E-state index contributed by atoms with van der Waals surface area (Å²) in [5, 5.41) is 3.94. The first-order chi connectivity index (χ1) is 9.91. The van der Waals surface area contributed by atoms with Gasteiger partial charge < -0.3 is 5.73 Å². The molecule has 0 atom stereocenters. The van der Waals surface area contributed by atoms with E-state index in [4.69, 9.17) is 5.73 Å². The molecule has 2 heterocycles. The zero-order chi connectivity index (χ0) is 15.2. The van der Waals surface area contributed by atoms with Crippen molar-refractivity contribution >= 4 is 21.5 Å². The number of aromatic nitrogens is 2. The van der Waals surface area contributed by atoms with Gasteiger partial charge in [0.15, 0.2) is 5.82 Å². The van der Waals surface area contributed by atoms with Crippen molar-refractivity contribution in [2.24, 2.45) is 7.05 Å². The highest BCUT2D eigenvalue weighted by Gasteiger charge is 2.32. The minimum Gasteiger partial charge on any atom is -0.381 e. The lowest BCUT2D eigenvalue weighted by Gasteiger charge is -2.31. The fourth-order valence-electron chi connectivity index (χ4n) is 2.84. The van der Waals surface area contributed by atoms with E-state index in [1.165, 1.54) is 15.2 Å². The summed E-state index contributed by atoms with van der Waals surface area (Å²) in [7, 11) is -2.03. The number of sulfonamides is 1. The summed E-state index contributed by atoms with van der Waals surface area (Å²) < 4.78 is 28.7. The molecule has 1 aromatic heterocycles. The number of benzene rings is 1. The van der Waals surface area contributed by atoms with Crippen molar-refractivity contribution in [3.05, 3.63) is 35.5 Å². The summed E-state index contributed by atoms with van der Waals surface area (Å²) in [6.45, 7) is 2.40. The molecule has 0 aliphatic carbocycles. The molecule has 0 radical (unpaired) electrons. The van der Waals surface area contributed by atoms with Crippen LogP contribution in [0.1, 0.15) is 17.5 Å². The predicted molar refractivity (Wildman–Crippen MR) is 81.7 cm³/mol. The number of anilines is 2. The summed E-state index contributed by atoms with van der Waals surface area (Å²) >= 11 is 0. The van der Waals surface area contributed by atoms with Crippen LogP contribution in [-0.2, 0) is 23.5 Å². The lowest BCUT2D eigenvalue weighted by Crippen LogP contribution is -2.36. The van der Waals surface area contributed by atoms with Crippen LogP contribution in [0.15, 0.2) is 29.3 Å². The summed E-state index contributed by atoms with van der Waals surface area (Å²) in [6.07, 6.45) is 3.15. The molecule has 1 aliphatic rings. The number of aryl methyl sites for hydroxylation is 3. The molecule has 2 aromatic rings. The fourth-order valence-corrected chi connectivity index (χ4v) is 4.54. The van der Waals surface area contributed by atoms with Crippen LogP contribution in [0.4, 0.5) is 11.5 Å². The van der Waals surface area contributed by atoms with Crippen LogP contribution in [0.25, 0.3) is 0 Å². The molecule has 7 heteroatoms. The van der Waals surface area contributed by atoms with Crippen molar-refractivity contribution in [1.29, 1.82) is 0 Å². The molecule has 1 aliphatic heterocycles. The normalized spacial score (nSPS) is 15.0. The number of nitrogens with two attached hydrogens (primary N) is 1.